The van der Waals surface area contributed by atoms with Gasteiger partial charge in [-0.3, -0.25) is 9.78 Å². The topological polar surface area (TPSA) is 75.1 Å². The first kappa shape index (κ1) is 13.0. The molecule has 2 atom stereocenters. The molecule has 1 aliphatic carbocycles. The number of carbonyl (C=O) groups is 1. The lowest BCUT2D eigenvalue weighted by Gasteiger charge is -2.18. The number of nitrogens with zero attached hydrogens (tertiary/aromatic N) is 2. The fraction of sp³-hybridized carbons (Fsp3) is 0.400. The van der Waals surface area contributed by atoms with Gasteiger partial charge in [-0.25, -0.2) is 4.98 Å². The Balaban J connectivity index is 1.78. The second-order valence-corrected chi connectivity index (χ2v) is 5.20. The van der Waals surface area contributed by atoms with Crippen molar-refractivity contribution in [1.29, 1.82) is 0 Å². The smallest absolute Gasteiger partial charge is 0.271 e. The summed E-state index contributed by atoms with van der Waals surface area (Å²) in [6, 6.07) is 7.51. The van der Waals surface area contributed by atoms with Crippen molar-refractivity contribution < 1.29 is 9.90 Å². The molecule has 0 bridgehead atoms. The summed E-state index contributed by atoms with van der Waals surface area (Å²) >= 11 is 0. The summed E-state index contributed by atoms with van der Waals surface area (Å²) in [6.45, 7) is 0.119. The molecular weight excluding hydrogens is 254 g/mol. The molecule has 2 aromatic rings. The van der Waals surface area contributed by atoms with E-state index in [0.29, 0.717) is 11.2 Å². The molecule has 1 saturated carbocycles. The number of amides is 1. The number of rotatable bonds is 3. The van der Waals surface area contributed by atoms with Crippen LogP contribution in [0.5, 0.6) is 0 Å². The average Bonchev–Trinajstić information content (AvgIpc) is 2.94. The number of fused-ring (bicyclic) bond motifs is 1. The Morgan fingerprint density at radius 3 is 2.90 bits per heavy atom. The molecule has 0 spiro atoms. The van der Waals surface area contributed by atoms with Crippen molar-refractivity contribution in [3.05, 3.63) is 36.2 Å². The van der Waals surface area contributed by atoms with Gasteiger partial charge in [0.05, 0.1) is 17.2 Å². The zero-order valence-electron chi connectivity index (χ0n) is 11.1. The van der Waals surface area contributed by atoms with Gasteiger partial charge < -0.3 is 10.4 Å². The van der Waals surface area contributed by atoms with E-state index in [9.17, 15) is 9.90 Å². The molecule has 5 nitrogen and oxygen atoms in total. The molecule has 5 heteroatoms. The number of nitrogens with one attached hydrogen (secondary N) is 1. The third kappa shape index (κ3) is 2.49. The number of aromatic nitrogens is 2. The molecule has 3 rings (SSSR count). The van der Waals surface area contributed by atoms with E-state index in [0.717, 1.165) is 24.8 Å². The summed E-state index contributed by atoms with van der Waals surface area (Å²) in [5, 5.41) is 12.2. The van der Waals surface area contributed by atoms with E-state index >= 15 is 0 Å². The molecule has 0 radical (unpaired) electrons. The van der Waals surface area contributed by atoms with E-state index in [-0.39, 0.29) is 24.5 Å². The van der Waals surface area contributed by atoms with Crippen LogP contribution in [0.1, 0.15) is 29.8 Å². The van der Waals surface area contributed by atoms with Crippen LogP contribution in [0.15, 0.2) is 30.5 Å². The fourth-order valence-electron chi connectivity index (χ4n) is 2.75. The third-order valence-electron chi connectivity index (χ3n) is 3.89. The minimum Gasteiger partial charge on any atom is -0.396 e. The van der Waals surface area contributed by atoms with Crippen molar-refractivity contribution in [3.8, 4) is 0 Å². The van der Waals surface area contributed by atoms with E-state index in [1.807, 2.05) is 24.3 Å². The molecule has 1 aromatic carbocycles. The normalized spacial score (nSPS) is 22.1. The number of hydrogen-bond donors (Lipinski definition) is 2. The highest BCUT2D eigenvalue weighted by Crippen LogP contribution is 2.25. The summed E-state index contributed by atoms with van der Waals surface area (Å²) < 4.78 is 0. The number of aliphatic hydroxyl groups excluding tert-OH is 1. The van der Waals surface area contributed by atoms with Gasteiger partial charge in [0.1, 0.15) is 5.69 Å². The van der Waals surface area contributed by atoms with Crippen LogP contribution in [0.25, 0.3) is 11.0 Å². The summed E-state index contributed by atoms with van der Waals surface area (Å²) in [7, 11) is 0. The monoisotopic (exact) mass is 271 g/mol. The highest BCUT2D eigenvalue weighted by atomic mass is 16.3. The van der Waals surface area contributed by atoms with Gasteiger partial charge in [-0.2, -0.15) is 0 Å². The minimum absolute atomic E-state index is 0.0424. The van der Waals surface area contributed by atoms with Gasteiger partial charge in [-0.05, 0) is 25.0 Å². The lowest BCUT2D eigenvalue weighted by Crippen LogP contribution is -2.38. The van der Waals surface area contributed by atoms with Crippen LogP contribution in [0.4, 0.5) is 0 Å². The largest absolute Gasteiger partial charge is 0.396 e. The number of hydrogen-bond acceptors (Lipinski definition) is 4. The van der Waals surface area contributed by atoms with Gasteiger partial charge in [0, 0.05) is 18.6 Å². The van der Waals surface area contributed by atoms with Gasteiger partial charge in [0.15, 0.2) is 0 Å². The zero-order chi connectivity index (χ0) is 13.9. The Labute approximate surface area is 117 Å². The van der Waals surface area contributed by atoms with Crippen molar-refractivity contribution in [1.82, 2.24) is 15.3 Å². The van der Waals surface area contributed by atoms with Crippen molar-refractivity contribution >= 4 is 16.9 Å². The minimum atomic E-state index is -0.214. The maximum Gasteiger partial charge on any atom is 0.271 e. The van der Waals surface area contributed by atoms with E-state index in [4.69, 9.17) is 0 Å². The molecular formula is C15H17N3O2. The standard InChI is InChI=1S/C15H17N3O2/c19-9-10-4-3-7-11(10)18-15(20)14-8-16-12-5-1-2-6-13(12)17-14/h1-2,5-6,8,10-11,19H,3-4,7,9H2,(H,18,20). The second kappa shape index (κ2) is 5.54. The number of aliphatic hydroxyl groups is 1. The van der Waals surface area contributed by atoms with Crippen LogP contribution in [0, 0.1) is 5.92 Å². The molecule has 20 heavy (non-hydrogen) atoms. The van der Waals surface area contributed by atoms with E-state index in [1.54, 1.807) is 0 Å². The van der Waals surface area contributed by atoms with Crippen LogP contribution in [0.3, 0.4) is 0 Å². The molecule has 2 unspecified atom stereocenters. The van der Waals surface area contributed by atoms with Crippen LogP contribution < -0.4 is 5.32 Å². The van der Waals surface area contributed by atoms with Crippen LogP contribution in [0.2, 0.25) is 0 Å². The predicted molar refractivity (Wildman–Crippen MR) is 75.2 cm³/mol. The van der Waals surface area contributed by atoms with Gasteiger partial charge in [-0.1, -0.05) is 18.6 Å². The quantitative estimate of drug-likeness (QED) is 0.887. The highest BCUT2D eigenvalue weighted by Gasteiger charge is 2.28. The van der Waals surface area contributed by atoms with Crippen LogP contribution >= 0.6 is 0 Å². The maximum absolute atomic E-state index is 12.2. The first-order valence-electron chi connectivity index (χ1n) is 6.91. The Hall–Kier alpha value is -2.01. The molecule has 1 fully saturated rings. The molecule has 104 valence electrons. The first-order valence-corrected chi connectivity index (χ1v) is 6.91. The van der Waals surface area contributed by atoms with Gasteiger partial charge in [0.2, 0.25) is 0 Å². The van der Waals surface area contributed by atoms with Crippen LogP contribution in [-0.2, 0) is 0 Å². The van der Waals surface area contributed by atoms with Crippen molar-refractivity contribution in [3.63, 3.8) is 0 Å². The summed E-state index contributed by atoms with van der Waals surface area (Å²) in [6.07, 6.45) is 4.42. The first-order chi connectivity index (χ1) is 9.78. The van der Waals surface area contributed by atoms with Gasteiger partial charge in [0.25, 0.3) is 5.91 Å². The van der Waals surface area contributed by atoms with E-state index in [2.05, 4.69) is 15.3 Å². The molecule has 2 N–H and O–H groups in total. The van der Waals surface area contributed by atoms with Crippen molar-refractivity contribution in [2.75, 3.05) is 6.61 Å². The Kier molecular flexibility index (Phi) is 3.60. The number of benzene rings is 1. The number of para-hydroxylation sites is 2. The number of carbonyl (C=O) groups excluding carboxylic acids is 1. The molecule has 0 aliphatic heterocycles. The summed E-state index contributed by atoms with van der Waals surface area (Å²) in [4.78, 5) is 20.8. The maximum atomic E-state index is 12.2. The second-order valence-electron chi connectivity index (χ2n) is 5.20. The predicted octanol–water partition coefficient (Wildman–Crippen LogP) is 1.52. The van der Waals surface area contributed by atoms with E-state index < -0.39 is 0 Å². The lowest BCUT2D eigenvalue weighted by atomic mass is 10.1. The highest BCUT2D eigenvalue weighted by molar-refractivity contribution is 5.93. The molecule has 1 heterocycles. The Morgan fingerprint density at radius 2 is 2.10 bits per heavy atom. The van der Waals surface area contributed by atoms with Crippen LogP contribution in [-0.4, -0.2) is 33.6 Å². The Morgan fingerprint density at radius 1 is 1.30 bits per heavy atom. The van der Waals surface area contributed by atoms with Crippen molar-refractivity contribution in [2.45, 2.75) is 25.3 Å². The molecule has 0 saturated heterocycles. The van der Waals surface area contributed by atoms with Crippen molar-refractivity contribution in [2.24, 2.45) is 5.92 Å². The lowest BCUT2D eigenvalue weighted by molar-refractivity contribution is 0.0911. The average molecular weight is 271 g/mol. The molecule has 1 aliphatic rings. The molecule has 1 amide bonds. The Bertz CT molecular complexity index is 629. The fourth-order valence-corrected chi connectivity index (χ4v) is 2.75. The summed E-state index contributed by atoms with van der Waals surface area (Å²) in [5.74, 6) is -0.0547. The van der Waals surface area contributed by atoms with E-state index in [1.165, 1.54) is 6.20 Å². The zero-order valence-corrected chi connectivity index (χ0v) is 11.1. The SMILES string of the molecule is O=C(NC1CCCC1CO)c1cnc2ccccc2n1. The van der Waals surface area contributed by atoms with Gasteiger partial charge >= 0.3 is 0 Å². The van der Waals surface area contributed by atoms with Gasteiger partial charge in [-0.15, -0.1) is 0 Å². The third-order valence-corrected chi connectivity index (χ3v) is 3.89. The molecule has 1 aromatic heterocycles. The summed E-state index contributed by atoms with van der Waals surface area (Å²) in [5.41, 5.74) is 1.82.